The summed E-state index contributed by atoms with van der Waals surface area (Å²) in [5, 5.41) is 10.6. The Morgan fingerprint density at radius 3 is 0.817 bits per heavy atom. The Balaban J connectivity index is 5.23. The van der Waals surface area contributed by atoms with Gasteiger partial charge in [0.05, 0.1) is 26.4 Å². The second kappa shape index (κ2) is 66.0. The Labute approximate surface area is 568 Å². The minimum absolute atomic E-state index is 0.103. The van der Waals surface area contributed by atoms with E-state index in [1.807, 2.05) is 0 Å². The number of unbranched alkanes of at least 4 members (excludes halogenated alkanes) is 42. The molecule has 93 heavy (non-hydrogen) atoms. The van der Waals surface area contributed by atoms with E-state index in [0.717, 1.165) is 102 Å². The zero-order valence-corrected chi connectivity index (χ0v) is 62.3. The molecule has 0 aromatic carbocycles. The number of rotatable bonds is 73. The van der Waals surface area contributed by atoms with Crippen LogP contribution in [-0.2, 0) is 65.4 Å². The van der Waals surface area contributed by atoms with E-state index >= 15 is 0 Å². The van der Waals surface area contributed by atoms with Crippen LogP contribution >= 0.6 is 15.6 Å². The maximum Gasteiger partial charge on any atom is 0.472 e. The minimum Gasteiger partial charge on any atom is -0.462 e. The van der Waals surface area contributed by atoms with Crippen molar-refractivity contribution in [3.8, 4) is 0 Å². The first-order valence-electron chi connectivity index (χ1n) is 38.5. The largest absolute Gasteiger partial charge is 0.472 e. The normalized spacial score (nSPS) is 14.3. The number of ether oxygens (including phenoxy) is 4. The number of esters is 4. The lowest BCUT2D eigenvalue weighted by Gasteiger charge is -2.21. The fraction of sp³-hybridized carbons (Fsp3) is 0.946. The van der Waals surface area contributed by atoms with Gasteiger partial charge in [-0.1, -0.05) is 330 Å². The highest BCUT2D eigenvalue weighted by Crippen LogP contribution is 2.45. The van der Waals surface area contributed by atoms with E-state index in [0.29, 0.717) is 25.7 Å². The molecule has 0 aliphatic carbocycles. The molecule has 3 N–H and O–H groups in total. The topological polar surface area (TPSA) is 237 Å². The molecule has 3 unspecified atom stereocenters. The summed E-state index contributed by atoms with van der Waals surface area (Å²) in [5.41, 5.74) is 0. The molecule has 0 fully saturated rings. The van der Waals surface area contributed by atoms with E-state index in [4.69, 9.17) is 37.0 Å². The SMILES string of the molecule is CCCCCCCCCCCCCCCCCC(=O)OC[C@H](COP(=O)(O)OC[C@@H](O)COP(=O)(O)OC[C@@H](COC(=O)CCCCCCCCCCCC)OC(=O)CCCCCCCCC(C)CC)OC(=O)CCCCCCCCCCCCCCCCCC(C)C. The summed E-state index contributed by atoms with van der Waals surface area (Å²) in [6.07, 6.45) is 52.7. The van der Waals surface area contributed by atoms with Gasteiger partial charge in [-0.15, -0.1) is 0 Å². The third-order valence-electron chi connectivity index (χ3n) is 17.6. The lowest BCUT2D eigenvalue weighted by atomic mass is 10.00. The average molecular weight is 1370 g/mol. The highest BCUT2D eigenvalue weighted by Gasteiger charge is 2.30. The summed E-state index contributed by atoms with van der Waals surface area (Å²) in [6.45, 7) is 9.55. The zero-order valence-electron chi connectivity index (χ0n) is 60.6. The van der Waals surface area contributed by atoms with Crippen LogP contribution in [0.5, 0.6) is 0 Å². The second-order valence-corrected chi connectivity index (χ2v) is 30.3. The van der Waals surface area contributed by atoms with Crippen LogP contribution in [0.25, 0.3) is 0 Å². The van der Waals surface area contributed by atoms with Crippen LogP contribution in [0, 0.1) is 11.8 Å². The lowest BCUT2D eigenvalue weighted by molar-refractivity contribution is -0.161. The van der Waals surface area contributed by atoms with Crippen molar-refractivity contribution in [2.75, 3.05) is 39.6 Å². The lowest BCUT2D eigenvalue weighted by Crippen LogP contribution is -2.30. The van der Waals surface area contributed by atoms with Gasteiger partial charge < -0.3 is 33.8 Å². The number of aliphatic hydroxyl groups is 1. The van der Waals surface area contributed by atoms with E-state index in [-0.39, 0.29) is 25.7 Å². The molecule has 0 bridgehead atoms. The fourth-order valence-corrected chi connectivity index (χ4v) is 12.8. The van der Waals surface area contributed by atoms with E-state index in [2.05, 4.69) is 41.5 Å². The van der Waals surface area contributed by atoms with Gasteiger partial charge in [-0.3, -0.25) is 37.3 Å². The first kappa shape index (κ1) is 91.1. The smallest absolute Gasteiger partial charge is 0.462 e. The van der Waals surface area contributed by atoms with E-state index in [1.54, 1.807) is 0 Å². The van der Waals surface area contributed by atoms with Crippen molar-refractivity contribution < 1.29 is 80.2 Å². The predicted molar refractivity (Wildman–Crippen MR) is 377 cm³/mol. The van der Waals surface area contributed by atoms with Gasteiger partial charge in [0.15, 0.2) is 12.2 Å². The summed E-state index contributed by atoms with van der Waals surface area (Å²) >= 11 is 0. The first-order chi connectivity index (χ1) is 44.9. The monoisotopic (exact) mass is 1370 g/mol. The summed E-state index contributed by atoms with van der Waals surface area (Å²) in [6, 6.07) is 0. The Morgan fingerprint density at radius 2 is 0.548 bits per heavy atom. The third kappa shape index (κ3) is 67.0. The number of hydrogen-bond acceptors (Lipinski definition) is 15. The zero-order chi connectivity index (χ0) is 68.6. The highest BCUT2D eigenvalue weighted by molar-refractivity contribution is 7.47. The molecule has 17 nitrogen and oxygen atoms in total. The Hall–Kier alpha value is -1.94. The van der Waals surface area contributed by atoms with Crippen LogP contribution in [0.15, 0.2) is 0 Å². The summed E-state index contributed by atoms with van der Waals surface area (Å²) in [4.78, 5) is 72.7. The molecule has 0 aliphatic rings. The molecular formula is C74H144O17P2. The summed E-state index contributed by atoms with van der Waals surface area (Å²) in [5.74, 6) is -0.597. The molecule has 0 aromatic heterocycles. The molecule has 0 aromatic rings. The van der Waals surface area contributed by atoms with Crippen molar-refractivity contribution in [1.29, 1.82) is 0 Å². The van der Waals surface area contributed by atoms with Gasteiger partial charge in [0.2, 0.25) is 0 Å². The van der Waals surface area contributed by atoms with Crippen molar-refractivity contribution >= 4 is 39.5 Å². The summed E-state index contributed by atoms with van der Waals surface area (Å²) in [7, 11) is -9.91. The molecule has 19 heteroatoms. The molecule has 0 spiro atoms. The van der Waals surface area contributed by atoms with Crippen LogP contribution in [-0.4, -0.2) is 96.7 Å². The van der Waals surface area contributed by atoms with Gasteiger partial charge >= 0.3 is 39.5 Å². The van der Waals surface area contributed by atoms with Crippen molar-refractivity contribution in [3.05, 3.63) is 0 Å². The van der Waals surface area contributed by atoms with Crippen LogP contribution in [0.4, 0.5) is 0 Å². The van der Waals surface area contributed by atoms with Crippen LogP contribution in [0.3, 0.4) is 0 Å². The first-order valence-corrected chi connectivity index (χ1v) is 41.5. The standard InChI is InChI=1S/C74H144O17P2/c1-7-10-12-14-16-18-20-21-23-27-30-34-38-45-51-57-72(77)84-62-69(90-73(78)58-52-46-39-35-31-28-25-22-24-26-29-32-36-42-48-54-66(4)5)64-88-92(80,81)86-60-68(75)61-87-93(82,83)89-65-70(91-74(79)59-53-47-41-40-43-49-55-67(6)9-3)63-85-71(76)56-50-44-37-33-19-17-15-13-11-8-2/h66-70,75H,7-65H2,1-6H3,(H,80,81)(H,82,83)/t67?,68-,69-,70-/m1/s1. The molecule has 0 rings (SSSR count). The fourth-order valence-electron chi connectivity index (χ4n) is 11.3. The third-order valence-corrected chi connectivity index (χ3v) is 19.5. The van der Waals surface area contributed by atoms with Crippen LogP contribution < -0.4 is 0 Å². The van der Waals surface area contributed by atoms with Crippen molar-refractivity contribution in [3.63, 3.8) is 0 Å². The van der Waals surface area contributed by atoms with Gasteiger partial charge in [-0.05, 0) is 37.5 Å². The number of hydrogen-bond donors (Lipinski definition) is 3. The van der Waals surface area contributed by atoms with E-state index in [1.165, 1.54) is 199 Å². The maximum absolute atomic E-state index is 13.1. The van der Waals surface area contributed by atoms with Crippen LogP contribution in [0.2, 0.25) is 0 Å². The Morgan fingerprint density at radius 1 is 0.312 bits per heavy atom. The molecule has 0 amide bonds. The highest BCUT2D eigenvalue weighted by atomic mass is 31.2. The number of phosphoric ester groups is 2. The number of carbonyl (C=O) groups is 4. The number of carbonyl (C=O) groups excluding carboxylic acids is 4. The van der Waals surface area contributed by atoms with Gasteiger partial charge in [0.1, 0.15) is 19.3 Å². The van der Waals surface area contributed by atoms with Crippen LogP contribution in [0.1, 0.15) is 382 Å². The molecular weight excluding hydrogens is 1220 g/mol. The van der Waals surface area contributed by atoms with Gasteiger partial charge in [0, 0.05) is 25.7 Å². The molecule has 552 valence electrons. The predicted octanol–water partition coefficient (Wildman–Crippen LogP) is 21.6. The van der Waals surface area contributed by atoms with Crippen molar-refractivity contribution in [2.24, 2.45) is 11.8 Å². The van der Waals surface area contributed by atoms with Gasteiger partial charge in [0.25, 0.3) is 0 Å². The van der Waals surface area contributed by atoms with Crippen molar-refractivity contribution in [2.45, 2.75) is 400 Å². The average Bonchev–Trinajstić information content (AvgIpc) is 3.74. The van der Waals surface area contributed by atoms with Gasteiger partial charge in [-0.25, -0.2) is 9.13 Å². The Bertz CT molecular complexity index is 1810. The number of aliphatic hydroxyl groups excluding tert-OH is 1. The second-order valence-electron chi connectivity index (χ2n) is 27.4. The minimum atomic E-state index is -4.96. The molecule has 0 radical (unpaired) electrons. The quantitative estimate of drug-likeness (QED) is 0.0222. The maximum atomic E-state index is 13.1. The summed E-state index contributed by atoms with van der Waals surface area (Å²) < 4.78 is 68.4. The molecule has 0 heterocycles. The van der Waals surface area contributed by atoms with E-state index < -0.39 is 97.5 Å². The molecule has 0 saturated heterocycles. The van der Waals surface area contributed by atoms with E-state index in [9.17, 15) is 43.2 Å². The number of phosphoric acid groups is 2. The van der Waals surface area contributed by atoms with Crippen molar-refractivity contribution in [1.82, 2.24) is 0 Å². The molecule has 0 aliphatic heterocycles. The van der Waals surface area contributed by atoms with Gasteiger partial charge in [-0.2, -0.15) is 0 Å². The Kier molecular flexibility index (Phi) is 64.6. The molecule has 0 saturated carbocycles. The molecule has 6 atom stereocenters.